The van der Waals surface area contributed by atoms with E-state index in [1.165, 1.54) is 0 Å². The van der Waals surface area contributed by atoms with Crippen LogP contribution in [0.25, 0.3) is 0 Å². The highest BCUT2D eigenvalue weighted by atomic mass is 16.5. The molecule has 3 saturated heterocycles. The SMILES string of the molecule is C=CCN(C)C(=O)[C@@H]1[C@H]2C(=O)N([C@H](CO)c3ccccc3)C(C(=O)N(CC=C)C(C)CCC)C23CC(C)[C@@]1(C)O3. The van der Waals surface area contributed by atoms with Crippen molar-refractivity contribution in [2.24, 2.45) is 17.8 Å². The first kappa shape index (κ1) is 30.0. The topological polar surface area (TPSA) is 90.4 Å². The van der Waals surface area contributed by atoms with Crippen molar-refractivity contribution in [3.63, 3.8) is 0 Å². The van der Waals surface area contributed by atoms with Crippen LogP contribution in [0.3, 0.4) is 0 Å². The number of fused-ring (bicyclic) bond motifs is 1. The first-order valence-corrected chi connectivity index (χ1v) is 14.5. The number of aliphatic hydroxyl groups excluding tert-OH is 1. The minimum absolute atomic E-state index is 0.0666. The average molecular weight is 552 g/mol. The van der Waals surface area contributed by atoms with Crippen LogP contribution >= 0.6 is 0 Å². The fourth-order valence-corrected chi connectivity index (χ4v) is 7.58. The van der Waals surface area contributed by atoms with E-state index in [2.05, 4.69) is 20.1 Å². The summed E-state index contributed by atoms with van der Waals surface area (Å²) in [6, 6.07) is 7.44. The summed E-state index contributed by atoms with van der Waals surface area (Å²) in [5.74, 6) is -2.40. The number of likely N-dealkylation sites (tertiary alicyclic amines) is 1. The van der Waals surface area contributed by atoms with Gasteiger partial charge in [-0.1, -0.05) is 62.8 Å². The van der Waals surface area contributed by atoms with E-state index >= 15 is 0 Å². The molecule has 1 aromatic carbocycles. The Hall–Kier alpha value is -2.97. The Kier molecular flexibility index (Phi) is 8.62. The van der Waals surface area contributed by atoms with Gasteiger partial charge in [0.2, 0.25) is 17.7 Å². The normalized spacial score (nSPS) is 31.9. The molecule has 1 aromatic rings. The van der Waals surface area contributed by atoms with Crippen LogP contribution < -0.4 is 0 Å². The van der Waals surface area contributed by atoms with Crippen LogP contribution in [0.5, 0.6) is 0 Å². The Morgan fingerprint density at radius 1 is 1.20 bits per heavy atom. The lowest BCUT2D eigenvalue weighted by atomic mass is 9.62. The molecule has 8 atom stereocenters. The van der Waals surface area contributed by atoms with E-state index in [1.54, 1.807) is 33.9 Å². The third-order valence-corrected chi connectivity index (χ3v) is 9.57. The van der Waals surface area contributed by atoms with Crippen LogP contribution in [0.2, 0.25) is 0 Å². The molecule has 8 nitrogen and oxygen atoms in total. The van der Waals surface area contributed by atoms with Crippen LogP contribution in [0.4, 0.5) is 0 Å². The van der Waals surface area contributed by atoms with E-state index in [9.17, 15) is 19.5 Å². The number of hydrogen-bond donors (Lipinski definition) is 1. The van der Waals surface area contributed by atoms with Crippen LogP contribution in [0.15, 0.2) is 55.6 Å². The van der Waals surface area contributed by atoms with Crippen LogP contribution in [0, 0.1) is 17.8 Å². The van der Waals surface area contributed by atoms with Crippen LogP contribution in [-0.2, 0) is 19.1 Å². The summed E-state index contributed by atoms with van der Waals surface area (Å²) >= 11 is 0. The van der Waals surface area contributed by atoms with Crippen molar-refractivity contribution >= 4 is 17.7 Å². The van der Waals surface area contributed by atoms with Gasteiger partial charge in [-0.2, -0.15) is 0 Å². The lowest BCUT2D eigenvalue weighted by Crippen LogP contribution is -2.58. The second kappa shape index (κ2) is 11.5. The van der Waals surface area contributed by atoms with Crippen molar-refractivity contribution < 1.29 is 24.2 Å². The number of ether oxygens (including phenoxy) is 1. The summed E-state index contributed by atoms with van der Waals surface area (Å²) in [6.45, 7) is 16.0. The zero-order chi connectivity index (χ0) is 29.4. The van der Waals surface area contributed by atoms with Gasteiger partial charge in [-0.05, 0) is 38.2 Å². The number of aliphatic hydroxyl groups is 1. The van der Waals surface area contributed by atoms with Crippen molar-refractivity contribution in [1.82, 2.24) is 14.7 Å². The van der Waals surface area contributed by atoms with Gasteiger partial charge in [-0.15, -0.1) is 13.2 Å². The Labute approximate surface area is 238 Å². The molecule has 3 aliphatic rings. The Balaban J connectivity index is 1.90. The molecule has 0 radical (unpaired) electrons. The standard InChI is InChI=1S/C32H45N3O5/c1-8-14-22(5)34(18-10-3)30(39)27-32-19-21(4)31(6,40-32)25(28(37)33(7)17-9-2)26(32)29(38)35(27)24(20-36)23-15-12-11-13-16-23/h9-13,15-16,21-22,24-27,36H,2-3,8,14,17-20H2,1,4-7H3/t21?,22?,24-,25+,26+,27?,31-,32?/m1/s1. The predicted octanol–water partition coefficient (Wildman–Crippen LogP) is 3.58. The monoisotopic (exact) mass is 551 g/mol. The Morgan fingerprint density at radius 2 is 1.85 bits per heavy atom. The average Bonchev–Trinajstić information content (AvgIpc) is 3.44. The maximum absolute atomic E-state index is 14.7. The first-order valence-electron chi connectivity index (χ1n) is 14.5. The minimum atomic E-state index is -1.19. The van der Waals surface area contributed by atoms with Crippen LogP contribution in [0.1, 0.15) is 58.6 Å². The molecule has 40 heavy (non-hydrogen) atoms. The molecule has 218 valence electrons. The fraction of sp³-hybridized carbons (Fsp3) is 0.594. The summed E-state index contributed by atoms with van der Waals surface area (Å²) in [5.41, 5.74) is -1.37. The van der Waals surface area contributed by atoms with Crippen molar-refractivity contribution in [3.8, 4) is 0 Å². The number of likely N-dealkylation sites (N-methyl/N-ethyl adjacent to an activating group) is 1. The van der Waals surface area contributed by atoms with Gasteiger partial charge in [0.15, 0.2) is 0 Å². The molecule has 1 N–H and O–H groups in total. The van der Waals surface area contributed by atoms with Gasteiger partial charge in [0, 0.05) is 26.2 Å². The molecule has 8 heteroatoms. The van der Waals surface area contributed by atoms with Crippen molar-refractivity contribution in [1.29, 1.82) is 0 Å². The highest BCUT2D eigenvalue weighted by Crippen LogP contribution is 2.66. The summed E-state index contributed by atoms with van der Waals surface area (Å²) < 4.78 is 6.89. The molecule has 4 rings (SSSR count). The number of rotatable bonds is 12. The zero-order valence-corrected chi connectivity index (χ0v) is 24.6. The second-order valence-corrected chi connectivity index (χ2v) is 12.0. The third-order valence-electron chi connectivity index (χ3n) is 9.57. The highest BCUT2D eigenvalue weighted by molar-refractivity contribution is 5.99. The van der Waals surface area contributed by atoms with Gasteiger partial charge >= 0.3 is 0 Å². The maximum atomic E-state index is 14.7. The minimum Gasteiger partial charge on any atom is -0.394 e. The molecule has 0 saturated carbocycles. The molecule has 2 bridgehead atoms. The van der Waals surface area contributed by atoms with Crippen molar-refractivity contribution in [3.05, 3.63) is 61.2 Å². The zero-order valence-electron chi connectivity index (χ0n) is 24.6. The summed E-state index contributed by atoms with van der Waals surface area (Å²) in [7, 11) is 1.70. The number of benzene rings is 1. The number of amides is 3. The van der Waals surface area contributed by atoms with Crippen molar-refractivity contribution in [2.75, 3.05) is 26.7 Å². The second-order valence-electron chi connectivity index (χ2n) is 12.0. The van der Waals surface area contributed by atoms with Gasteiger partial charge in [-0.3, -0.25) is 14.4 Å². The largest absolute Gasteiger partial charge is 0.394 e. The number of carbonyl (C=O) groups excluding carboxylic acids is 3. The maximum Gasteiger partial charge on any atom is 0.248 e. The molecule has 3 fully saturated rings. The smallest absolute Gasteiger partial charge is 0.248 e. The Morgan fingerprint density at radius 3 is 2.42 bits per heavy atom. The van der Waals surface area contributed by atoms with E-state index in [1.807, 2.05) is 51.1 Å². The summed E-state index contributed by atoms with van der Waals surface area (Å²) in [6.07, 6.45) is 5.51. The molecule has 0 aliphatic carbocycles. The number of nitrogens with zero attached hydrogens (tertiary/aromatic N) is 3. The van der Waals surface area contributed by atoms with E-state index in [0.717, 1.165) is 18.4 Å². The first-order chi connectivity index (χ1) is 19.0. The predicted molar refractivity (Wildman–Crippen MR) is 154 cm³/mol. The lowest BCUT2D eigenvalue weighted by Gasteiger charge is -2.41. The quantitative estimate of drug-likeness (QED) is 0.401. The molecule has 0 aromatic heterocycles. The Bertz CT molecular complexity index is 1140. The lowest BCUT2D eigenvalue weighted by molar-refractivity contribution is -0.158. The van der Waals surface area contributed by atoms with Crippen LogP contribution in [-0.4, -0.2) is 87.6 Å². The molecule has 3 heterocycles. The molecular formula is C32H45N3O5. The van der Waals surface area contributed by atoms with E-state index < -0.39 is 35.1 Å². The van der Waals surface area contributed by atoms with Crippen molar-refractivity contribution in [2.45, 2.75) is 76.3 Å². The van der Waals surface area contributed by atoms with Gasteiger partial charge in [-0.25, -0.2) is 0 Å². The molecule has 4 unspecified atom stereocenters. The molecule has 1 spiro atoms. The third kappa shape index (κ3) is 4.49. The molecular weight excluding hydrogens is 506 g/mol. The highest BCUT2D eigenvalue weighted by Gasteiger charge is 2.80. The van der Waals surface area contributed by atoms with Gasteiger partial charge in [0.05, 0.1) is 30.1 Å². The van der Waals surface area contributed by atoms with Gasteiger partial charge in [0.25, 0.3) is 0 Å². The number of hydrogen-bond acceptors (Lipinski definition) is 5. The van der Waals surface area contributed by atoms with E-state index in [0.29, 0.717) is 19.5 Å². The fourth-order valence-electron chi connectivity index (χ4n) is 7.58. The summed E-state index contributed by atoms with van der Waals surface area (Å²) in [5, 5.41) is 10.7. The summed E-state index contributed by atoms with van der Waals surface area (Å²) in [4.78, 5) is 48.2. The van der Waals surface area contributed by atoms with E-state index in [-0.39, 0.29) is 36.3 Å². The molecule has 3 amide bonds. The molecule has 3 aliphatic heterocycles. The van der Waals surface area contributed by atoms with Gasteiger partial charge in [0.1, 0.15) is 11.6 Å². The van der Waals surface area contributed by atoms with E-state index in [4.69, 9.17) is 4.74 Å². The number of carbonyl (C=O) groups is 3. The van der Waals surface area contributed by atoms with Gasteiger partial charge < -0.3 is 24.5 Å².